The number of thiophene rings is 1. The summed E-state index contributed by atoms with van der Waals surface area (Å²) in [6.45, 7) is 12.7. The molecule has 10 rings (SSSR count). The van der Waals surface area contributed by atoms with Crippen molar-refractivity contribution in [1.29, 1.82) is 0 Å². The molecule has 324 valence electrons. The lowest BCUT2D eigenvalue weighted by Gasteiger charge is -2.12. The summed E-state index contributed by atoms with van der Waals surface area (Å²) in [6, 6.07) is 48.6. The zero-order chi connectivity index (χ0) is 45.9. The first-order chi connectivity index (χ1) is 32.8. The third-order valence-electron chi connectivity index (χ3n) is 12.1. The van der Waals surface area contributed by atoms with Gasteiger partial charge in [-0.2, -0.15) is 0 Å². The molecule has 67 heavy (non-hydrogen) atoms. The van der Waals surface area contributed by atoms with Crippen molar-refractivity contribution in [2.24, 2.45) is 0 Å². The number of hydrogen-bond donors (Lipinski definition) is 0. The lowest BCUT2D eigenvalue weighted by molar-refractivity contribution is 1.03. The Morgan fingerprint density at radius 1 is 0.567 bits per heavy atom. The molecule has 1 aliphatic carbocycles. The van der Waals surface area contributed by atoms with Crippen LogP contribution in [0.15, 0.2) is 183 Å². The van der Waals surface area contributed by atoms with Crippen LogP contribution in [0, 0.1) is 20.8 Å². The molecule has 0 saturated carbocycles. The highest BCUT2D eigenvalue weighted by molar-refractivity contribution is 7.17. The molecule has 0 saturated heterocycles. The third-order valence-corrected chi connectivity index (χ3v) is 13.3. The summed E-state index contributed by atoms with van der Waals surface area (Å²) in [5, 5.41) is 2.45. The first kappa shape index (κ1) is 42.9. The topological polar surface area (TPSA) is 77.3 Å². The fourth-order valence-corrected chi connectivity index (χ4v) is 9.57. The van der Waals surface area contributed by atoms with Gasteiger partial charge in [0.25, 0.3) is 0 Å². The number of aryl methyl sites for hydroxylation is 3. The van der Waals surface area contributed by atoms with Crippen molar-refractivity contribution in [1.82, 2.24) is 29.9 Å². The van der Waals surface area contributed by atoms with Crippen LogP contribution < -0.4 is 9.75 Å². The van der Waals surface area contributed by atoms with E-state index in [9.17, 15) is 0 Å². The second kappa shape index (κ2) is 18.8. The Hall–Kier alpha value is -8.00. The minimum atomic E-state index is 0.0105. The van der Waals surface area contributed by atoms with Gasteiger partial charge in [-0.05, 0) is 96.1 Å². The standard InChI is InChI=1S/C60H48N6S/c1-6-7-8-9-22-41(5)55-61-56(63-58(62-55)48-28-13-10-19-38(48)2)46-26-16-23-42(34-46)44-25-18-31-53-51(36-44)52-37-45(32-33-54(52)67-53)43-24-17-27-47(35-43)57-64-59(49-29-14-11-20-39(49)3)66-60(65-57)50-30-15-12-21-40(50)4/h7-37,44H,5-6H2,1-4H3/b8-7-,22-9-. The van der Waals surface area contributed by atoms with Gasteiger partial charge in [0.15, 0.2) is 34.9 Å². The zero-order valence-corrected chi connectivity index (χ0v) is 38.8. The summed E-state index contributed by atoms with van der Waals surface area (Å²) in [4.78, 5) is 30.2. The van der Waals surface area contributed by atoms with Gasteiger partial charge in [0.2, 0.25) is 0 Å². The van der Waals surface area contributed by atoms with Crippen LogP contribution in [-0.4, -0.2) is 29.9 Å². The molecule has 6 aromatic carbocycles. The minimum Gasteiger partial charge on any atom is -0.208 e. The van der Waals surface area contributed by atoms with Crippen molar-refractivity contribution in [2.45, 2.75) is 40.0 Å². The molecule has 9 aromatic rings. The van der Waals surface area contributed by atoms with E-state index in [-0.39, 0.29) is 5.92 Å². The van der Waals surface area contributed by atoms with Gasteiger partial charge >= 0.3 is 0 Å². The Kier molecular flexibility index (Phi) is 12.1. The number of allylic oxidation sites excluding steroid dienone is 7. The molecule has 0 N–H and O–H groups in total. The van der Waals surface area contributed by atoms with Crippen molar-refractivity contribution in [3.63, 3.8) is 0 Å². The van der Waals surface area contributed by atoms with E-state index < -0.39 is 0 Å². The van der Waals surface area contributed by atoms with Crippen LogP contribution in [0.3, 0.4) is 0 Å². The fourth-order valence-electron chi connectivity index (χ4n) is 8.49. The molecule has 1 aliphatic rings. The number of hydrogen-bond acceptors (Lipinski definition) is 7. The Balaban J connectivity index is 1.02. The molecule has 1 atom stereocenters. The van der Waals surface area contributed by atoms with Crippen molar-refractivity contribution in [3.05, 3.63) is 220 Å². The van der Waals surface area contributed by atoms with E-state index in [0.29, 0.717) is 34.9 Å². The van der Waals surface area contributed by atoms with E-state index in [4.69, 9.17) is 29.9 Å². The van der Waals surface area contributed by atoms with Gasteiger partial charge in [0, 0.05) is 53.9 Å². The molecule has 1 unspecified atom stereocenters. The summed E-state index contributed by atoms with van der Waals surface area (Å²) < 4.78 is 2.48. The summed E-state index contributed by atoms with van der Waals surface area (Å²) in [5.41, 5.74) is 12.2. The van der Waals surface area contributed by atoms with Gasteiger partial charge in [-0.25, -0.2) is 29.9 Å². The van der Waals surface area contributed by atoms with Gasteiger partial charge in [-0.1, -0.05) is 171 Å². The summed E-state index contributed by atoms with van der Waals surface area (Å²) >= 11 is 1.82. The van der Waals surface area contributed by atoms with Crippen molar-refractivity contribution < 1.29 is 0 Å². The van der Waals surface area contributed by atoms with Gasteiger partial charge in [-0.3, -0.25) is 0 Å². The summed E-state index contributed by atoms with van der Waals surface area (Å²) in [7, 11) is 0. The normalized spacial score (nSPS) is 13.4. The number of benzene rings is 6. The third kappa shape index (κ3) is 9.02. The van der Waals surface area contributed by atoms with E-state index in [1.165, 1.54) is 19.8 Å². The lowest BCUT2D eigenvalue weighted by Crippen LogP contribution is -2.18. The van der Waals surface area contributed by atoms with Crippen molar-refractivity contribution >= 4 is 39.1 Å². The van der Waals surface area contributed by atoms with E-state index in [1.807, 2.05) is 66.0 Å². The van der Waals surface area contributed by atoms with Crippen LogP contribution in [0.4, 0.5) is 0 Å². The smallest absolute Gasteiger partial charge is 0.164 e. The Morgan fingerprint density at radius 3 is 1.78 bits per heavy atom. The van der Waals surface area contributed by atoms with Crippen LogP contribution in [0.1, 0.15) is 47.3 Å². The number of fused-ring (bicyclic) bond motifs is 3. The predicted octanol–water partition coefficient (Wildman–Crippen LogP) is 13.6. The Bertz CT molecular complexity index is 3530. The number of rotatable bonds is 11. The van der Waals surface area contributed by atoms with Gasteiger partial charge < -0.3 is 0 Å². The van der Waals surface area contributed by atoms with Crippen LogP contribution in [0.5, 0.6) is 0 Å². The molecular formula is C60H48N6S. The second-order valence-electron chi connectivity index (χ2n) is 16.8. The Morgan fingerprint density at radius 2 is 1.12 bits per heavy atom. The average Bonchev–Trinajstić information content (AvgIpc) is 3.56. The quantitative estimate of drug-likeness (QED) is 0.120. The molecule has 3 heterocycles. The van der Waals surface area contributed by atoms with Crippen molar-refractivity contribution in [3.8, 4) is 68.1 Å². The predicted molar refractivity (Wildman–Crippen MR) is 280 cm³/mol. The van der Waals surface area contributed by atoms with E-state index in [2.05, 4.69) is 168 Å². The molecule has 0 aliphatic heterocycles. The highest BCUT2D eigenvalue weighted by Gasteiger charge is 2.18. The number of nitrogens with zero attached hydrogens (tertiary/aromatic N) is 6. The SMILES string of the molecule is C=C(/C=C\C=C/CC)c1nc(-c2cccc(C3C=CC=c4sc5ccc(-c6cccc(-c7nc(-c8ccccc8C)nc(-c8ccccc8C)n7)c6)cc5c4=C3)c2)nc(-c2ccccc2C)n1. The maximum atomic E-state index is 5.09. The van der Waals surface area contributed by atoms with E-state index in [0.717, 1.165) is 73.2 Å². The highest BCUT2D eigenvalue weighted by atomic mass is 32.1. The largest absolute Gasteiger partial charge is 0.208 e. The van der Waals surface area contributed by atoms with Gasteiger partial charge in [0.1, 0.15) is 0 Å². The number of aromatic nitrogens is 6. The Labute approximate surface area is 395 Å². The molecule has 6 nitrogen and oxygen atoms in total. The molecule has 3 aromatic heterocycles. The van der Waals surface area contributed by atoms with E-state index >= 15 is 0 Å². The fraction of sp³-hybridized carbons (Fsp3) is 0.100. The molecule has 0 bridgehead atoms. The summed E-state index contributed by atoms with van der Waals surface area (Å²) in [6.07, 6.45) is 18.1. The van der Waals surface area contributed by atoms with Crippen molar-refractivity contribution in [2.75, 3.05) is 0 Å². The average molecular weight is 885 g/mol. The first-order valence-corrected chi connectivity index (χ1v) is 23.5. The maximum Gasteiger partial charge on any atom is 0.164 e. The molecule has 0 fully saturated rings. The van der Waals surface area contributed by atoms with Crippen LogP contribution in [0.2, 0.25) is 0 Å². The monoisotopic (exact) mass is 884 g/mol. The van der Waals surface area contributed by atoms with Crippen LogP contribution in [-0.2, 0) is 0 Å². The zero-order valence-electron chi connectivity index (χ0n) is 38.0. The molecule has 0 radical (unpaired) electrons. The van der Waals surface area contributed by atoms with Gasteiger partial charge in [-0.15, -0.1) is 11.3 Å². The molecule has 7 heteroatoms. The highest BCUT2D eigenvalue weighted by Crippen LogP contribution is 2.33. The minimum absolute atomic E-state index is 0.0105. The summed E-state index contributed by atoms with van der Waals surface area (Å²) in [5.74, 6) is 3.75. The molecule has 0 amide bonds. The van der Waals surface area contributed by atoms with Crippen LogP contribution >= 0.6 is 11.3 Å². The van der Waals surface area contributed by atoms with E-state index in [1.54, 1.807) is 0 Å². The van der Waals surface area contributed by atoms with Crippen LogP contribution in [0.25, 0.3) is 95.9 Å². The lowest BCUT2D eigenvalue weighted by atomic mass is 9.95. The van der Waals surface area contributed by atoms with Gasteiger partial charge in [0.05, 0.1) is 0 Å². The molecule has 0 spiro atoms. The second-order valence-corrected chi connectivity index (χ2v) is 17.9. The molecular weight excluding hydrogens is 837 g/mol. The maximum absolute atomic E-state index is 5.09. The first-order valence-electron chi connectivity index (χ1n) is 22.7.